The van der Waals surface area contributed by atoms with Crippen molar-refractivity contribution in [2.45, 2.75) is 19.9 Å². The van der Waals surface area contributed by atoms with E-state index < -0.39 is 17.7 Å². The molecule has 2 nitrogen and oxygen atoms in total. The Morgan fingerprint density at radius 1 is 1.17 bits per heavy atom. The van der Waals surface area contributed by atoms with Gasteiger partial charge in [-0.3, -0.25) is 0 Å². The molecule has 1 unspecified atom stereocenters. The van der Waals surface area contributed by atoms with Crippen molar-refractivity contribution in [1.82, 2.24) is 5.32 Å². The SMILES string of the molecule is CNC(c1cc(C)oc1C)c1cccc(F)c1F. The Morgan fingerprint density at radius 2 is 1.89 bits per heavy atom. The highest BCUT2D eigenvalue weighted by Crippen LogP contribution is 2.29. The Morgan fingerprint density at radius 3 is 2.44 bits per heavy atom. The first-order chi connectivity index (χ1) is 8.54. The highest BCUT2D eigenvalue weighted by Gasteiger charge is 2.22. The van der Waals surface area contributed by atoms with Gasteiger partial charge in [0.15, 0.2) is 11.6 Å². The average Bonchev–Trinajstić information content (AvgIpc) is 2.65. The van der Waals surface area contributed by atoms with Gasteiger partial charge in [-0.2, -0.15) is 0 Å². The molecule has 18 heavy (non-hydrogen) atoms. The molecule has 0 saturated carbocycles. The van der Waals surface area contributed by atoms with Gasteiger partial charge in [-0.1, -0.05) is 12.1 Å². The fourth-order valence-corrected chi connectivity index (χ4v) is 2.16. The Balaban J connectivity index is 2.52. The molecule has 0 bridgehead atoms. The summed E-state index contributed by atoms with van der Waals surface area (Å²) in [6, 6.07) is 5.60. The van der Waals surface area contributed by atoms with E-state index in [-0.39, 0.29) is 5.56 Å². The molecular formula is C14H15F2NO. The van der Waals surface area contributed by atoms with E-state index in [9.17, 15) is 8.78 Å². The van der Waals surface area contributed by atoms with E-state index >= 15 is 0 Å². The third-order valence-corrected chi connectivity index (χ3v) is 2.97. The molecule has 2 aromatic rings. The van der Waals surface area contributed by atoms with Crippen LogP contribution in [0.1, 0.15) is 28.7 Å². The summed E-state index contributed by atoms with van der Waals surface area (Å²) in [4.78, 5) is 0. The lowest BCUT2D eigenvalue weighted by molar-refractivity contribution is 0.479. The molecule has 0 spiro atoms. The molecule has 0 aliphatic carbocycles. The minimum atomic E-state index is -0.842. The Bertz CT molecular complexity index is 563. The van der Waals surface area contributed by atoms with Crippen LogP contribution < -0.4 is 5.32 Å². The minimum absolute atomic E-state index is 0.279. The van der Waals surface area contributed by atoms with Crippen LogP contribution in [0.4, 0.5) is 8.78 Å². The summed E-state index contributed by atoms with van der Waals surface area (Å²) >= 11 is 0. The summed E-state index contributed by atoms with van der Waals surface area (Å²) in [5, 5.41) is 2.99. The van der Waals surface area contributed by atoms with E-state index in [4.69, 9.17) is 4.42 Å². The molecule has 2 rings (SSSR count). The highest BCUT2D eigenvalue weighted by molar-refractivity contribution is 5.35. The third-order valence-electron chi connectivity index (χ3n) is 2.97. The zero-order valence-electron chi connectivity index (χ0n) is 10.6. The van der Waals surface area contributed by atoms with E-state index in [1.807, 2.05) is 19.9 Å². The first-order valence-corrected chi connectivity index (χ1v) is 5.72. The van der Waals surface area contributed by atoms with E-state index in [1.165, 1.54) is 6.07 Å². The van der Waals surface area contributed by atoms with Crippen molar-refractivity contribution in [3.8, 4) is 0 Å². The monoisotopic (exact) mass is 251 g/mol. The molecule has 0 amide bonds. The molecule has 1 aromatic carbocycles. The van der Waals surface area contributed by atoms with Crippen LogP contribution in [0.15, 0.2) is 28.7 Å². The summed E-state index contributed by atoms with van der Waals surface area (Å²) in [5.74, 6) is -0.212. The maximum Gasteiger partial charge on any atom is 0.163 e. The van der Waals surface area contributed by atoms with Gasteiger partial charge in [-0.25, -0.2) is 8.78 Å². The van der Waals surface area contributed by atoms with E-state index in [1.54, 1.807) is 13.1 Å². The Labute approximate surface area is 105 Å². The lowest BCUT2D eigenvalue weighted by Crippen LogP contribution is -2.19. The first-order valence-electron chi connectivity index (χ1n) is 5.72. The van der Waals surface area contributed by atoms with Crippen molar-refractivity contribution >= 4 is 0 Å². The molecule has 0 aliphatic heterocycles. The molecule has 1 heterocycles. The van der Waals surface area contributed by atoms with Gasteiger partial charge in [0.2, 0.25) is 0 Å². The number of rotatable bonds is 3. The molecule has 0 aliphatic rings. The Hall–Kier alpha value is -1.68. The normalized spacial score (nSPS) is 12.7. The molecule has 4 heteroatoms. The minimum Gasteiger partial charge on any atom is -0.466 e. The van der Waals surface area contributed by atoms with Crippen LogP contribution in [0.2, 0.25) is 0 Å². The van der Waals surface area contributed by atoms with Crippen molar-refractivity contribution in [2.24, 2.45) is 0 Å². The smallest absolute Gasteiger partial charge is 0.163 e. The molecule has 1 aromatic heterocycles. The molecule has 96 valence electrons. The zero-order chi connectivity index (χ0) is 13.3. The summed E-state index contributed by atoms with van der Waals surface area (Å²) in [7, 11) is 1.71. The number of nitrogens with one attached hydrogen (secondary N) is 1. The maximum atomic E-state index is 13.8. The number of benzene rings is 1. The van der Waals surface area contributed by atoms with Crippen LogP contribution in [-0.4, -0.2) is 7.05 Å². The van der Waals surface area contributed by atoms with Crippen molar-refractivity contribution in [2.75, 3.05) is 7.05 Å². The molecule has 0 fully saturated rings. The van der Waals surface area contributed by atoms with Crippen LogP contribution in [-0.2, 0) is 0 Å². The number of aryl methyl sites for hydroxylation is 2. The number of hydrogen-bond donors (Lipinski definition) is 1. The second kappa shape index (κ2) is 4.90. The van der Waals surface area contributed by atoms with E-state index in [0.717, 1.165) is 17.4 Å². The molecule has 1 atom stereocenters. The highest BCUT2D eigenvalue weighted by atomic mass is 19.2. The molecular weight excluding hydrogens is 236 g/mol. The van der Waals surface area contributed by atoms with Crippen molar-refractivity contribution < 1.29 is 13.2 Å². The largest absolute Gasteiger partial charge is 0.466 e. The summed E-state index contributed by atoms with van der Waals surface area (Å²) < 4.78 is 32.5. The second-order valence-electron chi connectivity index (χ2n) is 4.23. The predicted molar refractivity (Wildman–Crippen MR) is 65.4 cm³/mol. The number of furan rings is 1. The summed E-state index contributed by atoms with van der Waals surface area (Å²) in [6.45, 7) is 3.63. The van der Waals surface area contributed by atoms with E-state index in [2.05, 4.69) is 5.32 Å². The van der Waals surface area contributed by atoms with Crippen LogP contribution in [0.25, 0.3) is 0 Å². The van der Waals surface area contributed by atoms with Gasteiger partial charge in [-0.15, -0.1) is 0 Å². The topological polar surface area (TPSA) is 25.2 Å². The quantitative estimate of drug-likeness (QED) is 0.903. The van der Waals surface area contributed by atoms with Gasteiger partial charge >= 0.3 is 0 Å². The van der Waals surface area contributed by atoms with Crippen molar-refractivity contribution in [1.29, 1.82) is 0 Å². The standard InChI is InChI=1S/C14H15F2NO/c1-8-7-11(9(2)18-8)14(17-3)10-5-4-6-12(15)13(10)16/h4-7,14,17H,1-3H3. The summed E-state index contributed by atoms with van der Waals surface area (Å²) in [5.41, 5.74) is 1.10. The third kappa shape index (κ3) is 2.16. The van der Waals surface area contributed by atoms with Gasteiger partial charge < -0.3 is 9.73 Å². The number of halogens is 2. The maximum absolute atomic E-state index is 13.8. The van der Waals surface area contributed by atoms with Crippen LogP contribution in [0, 0.1) is 25.5 Å². The van der Waals surface area contributed by atoms with Gasteiger partial charge in [0.1, 0.15) is 11.5 Å². The molecule has 0 radical (unpaired) electrons. The van der Waals surface area contributed by atoms with Gasteiger partial charge in [-0.05, 0) is 33.0 Å². The van der Waals surface area contributed by atoms with Crippen LogP contribution in [0.3, 0.4) is 0 Å². The van der Waals surface area contributed by atoms with Crippen molar-refractivity contribution in [3.05, 3.63) is 58.5 Å². The zero-order valence-corrected chi connectivity index (χ0v) is 10.6. The molecule has 1 N–H and O–H groups in total. The average molecular weight is 251 g/mol. The first kappa shape index (κ1) is 12.8. The van der Waals surface area contributed by atoms with E-state index in [0.29, 0.717) is 5.76 Å². The summed E-state index contributed by atoms with van der Waals surface area (Å²) in [6.07, 6.45) is 0. The fourth-order valence-electron chi connectivity index (χ4n) is 2.16. The Kier molecular flexibility index (Phi) is 3.48. The van der Waals surface area contributed by atoms with Crippen molar-refractivity contribution in [3.63, 3.8) is 0 Å². The van der Waals surface area contributed by atoms with Crippen LogP contribution >= 0.6 is 0 Å². The van der Waals surface area contributed by atoms with Crippen LogP contribution in [0.5, 0.6) is 0 Å². The lowest BCUT2D eigenvalue weighted by Gasteiger charge is -2.17. The van der Waals surface area contributed by atoms with Gasteiger partial charge in [0, 0.05) is 11.1 Å². The fraction of sp³-hybridized carbons (Fsp3) is 0.286. The second-order valence-corrected chi connectivity index (χ2v) is 4.23. The molecule has 0 saturated heterocycles. The predicted octanol–water partition coefficient (Wildman–Crippen LogP) is 3.48. The number of hydrogen-bond acceptors (Lipinski definition) is 2. The van der Waals surface area contributed by atoms with Gasteiger partial charge in [0.25, 0.3) is 0 Å². The van der Waals surface area contributed by atoms with Gasteiger partial charge in [0.05, 0.1) is 6.04 Å². The lowest BCUT2D eigenvalue weighted by atomic mass is 9.98.